The normalized spacial score (nSPS) is 11.6. The van der Waals surface area contributed by atoms with E-state index in [2.05, 4.69) is 18.7 Å². The zero-order chi connectivity index (χ0) is 10.8. The molecule has 0 fully saturated rings. The minimum Gasteiger partial charge on any atom is -0.383 e. The Balaban J connectivity index is 3.52. The summed E-state index contributed by atoms with van der Waals surface area (Å²) in [4.78, 5) is 2.33. The number of hydrogen-bond acceptors (Lipinski definition) is 4. The van der Waals surface area contributed by atoms with Crippen molar-refractivity contribution in [1.82, 2.24) is 4.90 Å². The third kappa shape index (κ3) is 7.26. The van der Waals surface area contributed by atoms with Gasteiger partial charge in [0, 0.05) is 32.8 Å². The molecule has 0 aliphatic carbocycles. The fourth-order valence-electron chi connectivity index (χ4n) is 1.20. The van der Waals surface area contributed by atoms with Crippen LogP contribution in [0.3, 0.4) is 0 Å². The summed E-state index contributed by atoms with van der Waals surface area (Å²) in [5, 5.41) is 0. The first kappa shape index (κ1) is 13.8. The van der Waals surface area contributed by atoms with E-state index in [1.165, 1.54) is 0 Å². The van der Waals surface area contributed by atoms with Crippen LogP contribution < -0.4 is 5.73 Å². The molecule has 0 atom stereocenters. The summed E-state index contributed by atoms with van der Waals surface area (Å²) in [6, 6.07) is 0.534. The zero-order valence-electron chi connectivity index (χ0n) is 9.66. The monoisotopic (exact) mass is 204 g/mol. The largest absolute Gasteiger partial charge is 0.383 e. The molecule has 0 aliphatic heterocycles. The van der Waals surface area contributed by atoms with Crippen LogP contribution in [0.1, 0.15) is 13.8 Å². The highest BCUT2D eigenvalue weighted by Gasteiger charge is 2.07. The van der Waals surface area contributed by atoms with Gasteiger partial charge in [-0.1, -0.05) is 0 Å². The first-order valence-electron chi connectivity index (χ1n) is 5.23. The summed E-state index contributed by atoms with van der Waals surface area (Å²) in [5.74, 6) is 0. The highest BCUT2D eigenvalue weighted by molar-refractivity contribution is 4.61. The van der Waals surface area contributed by atoms with Gasteiger partial charge in [-0.3, -0.25) is 4.90 Å². The molecule has 0 aromatic heterocycles. The Hall–Kier alpha value is -0.160. The predicted octanol–water partition coefficient (Wildman–Crippen LogP) is 0.319. The molecule has 0 heterocycles. The third-order valence-electron chi connectivity index (χ3n) is 2.10. The third-order valence-corrected chi connectivity index (χ3v) is 2.10. The highest BCUT2D eigenvalue weighted by atomic mass is 16.5. The fourth-order valence-corrected chi connectivity index (χ4v) is 1.20. The lowest BCUT2D eigenvalue weighted by atomic mass is 10.3. The van der Waals surface area contributed by atoms with E-state index in [1.54, 1.807) is 7.11 Å². The fraction of sp³-hybridized carbons (Fsp3) is 1.00. The molecular formula is C10H24N2O2. The van der Waals surface area contributed by atoms with Gasteiger partial charge in [0.2, 0.25) is 0 Å². The Morgan fingerprint density at radius 1 is 1.14 bits per heavy atom. The predicted molar refractivity (Wildman–Crippen MR) is 58.5 cm³/mol. The van der Waals surface area contributed by atoms with Gasteiger partial charge >= 0.3 is 0 Å². The molecule has 2 N–H and O–H groups in total. The van der Waals surface area contributed by atoms with Crippen LogP contribution in [-0.4, -0.2) is 57.5 Å². The van der Waals surface area contributed by atoms with Crippen molar-refractivity contribution < 1.29 is 9.47 Å². The van der Waals surface area contributed by atoms with Gasteiger partial charge in [0.15, 0.2) is 0 Å². The Morgan fingerprint density at radius 3 is 2.29 bits per heavy atom. The molecule has 0 saturated carbocycles. The van der Waals surface area contributed by atoms with E-state index < -0.39 is 0 Å². The van der Waals surface area contributed by atoms with Crippen LogP contribution in [0.15, 0.2) is 0 Å². The van der Waals surface area contributed by atoms with Crippen molar-refractivity contribution in [3.8, 4) is 0 Å². The van der Waals surface area contributed by atoms with Gasteiger partial charge in [0.1, 0.15) is 0 Å². The molecule has 0 spiro atoms. The second-order valence-corrected chi connectivity index (χ2v) is 3.52. The average molecular weight is 204 g/mol. The van der Waals surface area contributed by atoms with E-state index in [-0.39, 0.29) is 0 Å². The lowest BCUT2D eigenvalue weighted by molar-refractivity contribution is 0.0784. The maximum atomic E-state index is 5.34. The van der Waals surface area contributed by atoms with Crippen molar-refractivity contribution >= 4 is 0 Å². The number of ether oxygens (including phenoxy) is 2. The van der Waals surface area contributed by atoms with Crippen LogP contribution in [0, 0.1) is 0 Å². The standard InChI is InChI=1S/C10H24N2O2/c1-10(2)12(5-8-13-3)6-9-14-7-4-11/h10H,4-9,11H2,1-3H3. The van der Waals surface area contributed by atoms with E-state index in [0.717, 1.165) is 26.3 Å². The number of methoxy groups -OCH3 is 1. The van der Waals surface area contributed by atoms with Gasteiger partial charge in [-0.2, -0.15) is 0 Å². The van der Waals surface area contributed by atoms with Crippen LogP contribution in [0.2, 0.25) is 0 Å². The van der Waals surface area contributed by atoms with Crippen LogP contribution >= 0.6 is 0 Å². The van der Waals surface area contributed by atoms with E-state index in [1.807, 2.05) is 0 Å². The minimum absolute atomic E-state index is 0.534. The second-order valence-electron chi connectivity index (χ2n) is 3.52. The molecule has 0 bridgehead atoms. The van der Waals surface area contributed by atoms with Gasteiger partial charge < -0.3 is 15.2 Å². The van der Waals surface area contributed by atoms with E-state index >= 15 is 0 Å². The molecule has 4 heteroatoms. The molecule has 0 aromatic carbocycles. The minimum atomic E-state index is 0.534. The van der Waals surface area contributed by atoms with Crippen molar-refractivity contribution in [2.24, 2.45) is 5.73 Å². The maximum absolute atomic E-state index is 5.34. The number of nitrogens with two attached hydrogens (primary N) is 1. The van der Waals surface area contributed by atoms with Gasteiger partial charge in [-0.15, -0.1) is 0 Å². The molecule has 0 aromatic rings. The second kappa shape index (κ2) is 9.40. The number of rotatable bonds is 9. The molecule has 14 heavy (non-hydrogen) atoms. The lowest BCUT2D eigenvalue weighted by Gasteiger charge is -2.25. The van der Waals surface area contributed by atoms with Crippen LogP contribution in [0.4, 0.5) is 0 Å². The van der Waals surface area contributed by atoms with Crippen molar-refractivity contribution in [1.29, 1.82) is 0 Å². The smallest absolute Gasteiger partial charge is 0.0594 e. The Labute approximate surface area is 87.4 Å². The molecule has 0 unspecified atom stereocenters. The highest BCUT2D eigenvalue weighted by Crippen LogP contribution is 1.97. The first-order chi connectivity index (χ1) is 6.72. The molecule has 0 radical (unpaired) electrons. The van der Waals surface area contributed by atoms with E-state index in [0.29, 0.717) is 19.2 Å². The van der Waals surface area contributed by atoms with Crippen LogP contribution in [0.25, 0.3) is 0 Å². The molecule has 0 rings (SSSR count). The Bertz CT molecular complexity index is 121. The van der Waals surface area contributed by atoms with E-state index in [4.69, 9.17) is 15.2 Å². The van der Waals surface area contributed by atoms with Gasteiger partial charge in [-0.05, 0) is 13.8 Å². The summed E-state index contributed by atoms with van der Waals surface area (Å²) >= 11 is 0. The van der Waals surface area contributed by atoms with Crippen molar-refractivity contribution in [3.63, 3.8) is 0 Å². The number of nitrogens with zero attached hydrogens (tertiary/aromatic N) is 1. The number of hydrogen-bond donors (Lipinski definition) is 1. The molecule has 0 amide bonds. The van der Waals surface area contributed by atoms with Crippen molar-refractivity contribution in [3.05, 3.63) is 0 Å². The average Bonchev–Trinajstić information content (AvgIpc) is 2.16. The first-order valence-corrected chi connectivity index (χ1v) is 5.23. The summed E-state index contributed by atoms with van der Waals surface area (Å²) < 4.78 is 10.4. The summed E-state index contributed by atoms with van der Waals surface area (Å²) in [6.07, 6.45) is 0. The van der Waals surface area contributed by atoms with Gasteiger partial charge in [0.05, 0.1) is 19.8 Å². The lowest BCUT2D eigenvalue weighted by Crippen LogP contribution is -2.36. The Morgan fingerprint density at radius 2 is 1.79 bits per heavy atom. The van der Waals surface area contributed by atoms with Gasteiger partial charge in [-0.25, -0.2) is 0 Å². The van der Waals surface area contributed by atoms with E-state index in [9.17, 15) is 0 Å². The molecular weight excluding hydrogens is 180 g/mol. The summed E-state index contributed by atoms with van der Waals surface area (Å²) in [7, 11) is 1.73. The van der Waals surface area contributed by atoms with Crippen molar-refractivity contribution in [2.45, 2.75) is 19.9 Å². The maximum Gasteiger partial charge on any atom is 0.0594 e. The van der Waals surface area contributed by atoms with Gasteiger partial charge in [0.25, 0.3) is 0 Å². The zero-order valence-corrected chi connectivity index (χ0v) is 9.66. The van der Waals surface area contributed by atoms with Crippen LogP contribution in [0.5, 0.6) is 0 Å². The summed E-state index contributed by atoms with van der Waals surface area (Å²) in [6.45, 7) is 9.03. The Kier molecular flexibility index (Phi) is 9.29. The molecule has 0 saturated heterocycles. The topological polar surface area (TPSA) is 47.7 Å². The molecule has 4 nitrogen and oxygen atoms in total. The van der Waals surface area contributed by atoms with Crippen LogP contribution in [-0.2, 0) is 9.47 Å². The molecule has 86 valence electrons. The molecule has 0 aliphatic rings. The summed E-state index contributed by atoms with van der Waals surface area (Å²) in [5.41, 5.74) is 5.33. The van der Waals surface area contributed by atoms with Crippen molar-refractivity contribution in [2.75, 3.05) is 46.6 Å². The SMILES string of the molecule is COCCN(CCOCCN)C(C)C. The quantitative estimate of drug-likeness (QED) is 0.549.